The molecule has 0 aliphatic rings. The lowest BCUT2D eigenvalue weighted by Gasteiger charge is -2.17. The molecule has 2 aromatic rings. The van der Waals surface area contributed by atoms with Gasteiger partial charge in [-0.2, -0.15) is 0 Å². The quantitative estimate of drug-likeness (QED) is 0.861. The van der Waals surface area contributed by atoms with Crippen LogP contribution in [0.3, 0.4) is 0 Å². The predicted molar refractivity (Wildman–Crippen MR) is 77.4 cm³/mol. The monoisotopic (exact) mass is 281 g/mol. The highest BCUT2D eigenvalue weighted by Gasteiger charge is 2.18. The van der Waals surface area contributed by atoms with E-state index >= 15 is 0 Å². The second kappa shape index (κ2) is 5.24. The van der Waals surface area contributed by atoms with Crippen molar-refractivity contribution in [3.63, 3.8) is 0 Å². The van der Waals surface area contributed by atoms with Crippen LogP contribution in [0.4, 0.5) is 5.82 Å². The average Bonchev–Trinajstić information content (AvgIpc) is 2.77. The van der Waals surface area contributed by atoms with Crippen molar-refractivity contribution in [1.82, 2.24) is 9.97 Å². The van der Waals surface area contributed by atoms with Crippen LogP contribution in [0.25, 0.3) is 0 Å². The summed E-state index contributed by atoms with van der Waals surface area (Å²) in [5.74, 6) is 1.53. The molecule has 0 aliphatic heterocycles. The van der Waals surface area contributed by atoms with Crippen molar-refractivity contribution in [2.24, 2.45) is 0 Å². The fourth-order valence-electron chi connectivity index (χ4n) is 1.43. The lowest BCUT2D eigenvalue weighted by molar-refractivity contribution is 0.546. The molecule has 0 aromatic carbocycles. The molecular formula is C13H16ClN3S. The van der Waals surface area contributed by atoms with Crippen LogP contribution in [-0.2, 0) is 12.0 Å². The van der Waals surface area contributed by atoms with Crippen molar-refractivity contribution < 1.29 is 0 Å². The van der Waals surface area contributed by atoms with E-state index < -0.39 is 0 Å². The van der Waals surface area contributed by atoms with Crippen LogP contribution in [0.2, 0.25) is 5.15 Å². The molecule has 2 rings (SSSR count). The molecule has 0 unspecified atom stereocenters. The smallest absolute Gasteiger partial charge is 0.137 e. The Hall–Kier alpha value is -1.13. The average molecular weight is 282 g/mol. The zero-order valence-electron chi connectivity index (χ0n) is 10.7. The van der Waals surface area contributed by atoms with Crippen molar-refractivity contribution in [3.05, 3.63) is 39.4 Å². The van der Waals surface area contributed by atoms with E-state index in [0.29, 0.717) is 5.15 Å². The van der Waals surface area contributed by atoms with Gasteiger partial charge in [-0.25, -0.2) is 9.97 Å². The summed E-state index contributed by atoms with van der Waals surface area (Å²) < 4.78 is 0. The molecule has 0 aliphatic carbocycles. The minimum absolute atomic E-state index is 0.107. The van der Waals surface area contributed by atoms with Crippen LogP contribution < -0.4 is 5.32 Å². The summed E-state index contributed by atoms with van der Waals surface area (Å²) in [6.07, 6.45) is 0. The Labute approximate surface area is 116 Å². The Morgan fingerprint density at radius 3 is 2.72 bits per heavy atom. The molecule has 1 N–H and O–H groups in total. The van der Waals surface area contributed by atoms with E-state index in [1.807, 2.05) is 6.07 Å². The van der Waals surface area contributed by atoms with E-state index in [2.05, 4.69) is 47.5 Å². The first-order valence-corrected chi connectivity index (χ1v) is 7.02. The topological polar surface area (TPSA) is 37.8 Å². The van der Waals surface area contributed by atoms with Crippen molar-refractivity contribution in [1.29, 1.82) is 0 Å². The van der Waals surface area contributed by atoms with Crippen LogP contribution in [0.1, 0.15) is 31.5 Å². The molecule has 0 saturated carbocycles. The molecule has 0 bridgehead atoms. The third-order valence-corrected chi connectivity index (χ3v) is 3.46. The Kier molecular flexibility index (Phi) is 3.88. The van der Waals surface area contributed by atoms with Gasteiger partial charge in [0.25, 0.3) is 0 Å². The number of rotatable bonds is 3. The summed E-state index contributed by atoms with van der Waals surface area (Å²) in [5.41, 5.74) is -0.107. The molecular weight excluding hydrogens is 266 g/mol. The third-order valence-electron chi connectivity index (χ3n) is 2.39. The van der Waals surface area contributed by atoms with Crippen LogP contribution in [0.15, 0.2) is 23.6 Å². The normalized spacial score (nSPS) is 11.6. The molecule has 0 amide bonds. The number of anilines is 1. The maximum absolute atomic E-state index is 6.03. The van der Waals surface area contributed by atoms with E-state index in [4.69, 9.17) is 11.6 Å². The van der Waals surface area contributed by atoms with E-state index in [1.54, 1.807) is 17.4 Å². The molecule has 0 radical (unpaired) electrons. The summed E-state index contributed by atoms with van der Waals surface area (Å²) in [4.78, 5) is 10.0. The molecule has 3 nitrogen and oxygen atoms in total. The van der Waals surface area contributed by atoms with Crippen molar-refractivity contribution >= 4 is 28.8 Å². The van der Waals surface area contributed by atoms with Gasteiger partial charge in [0, 0.05) is 16.4 Å². The van der Waals surface area contributed by atoms with Crippen molar-refractivity contribution in [3.8, 4) is 0 Å². The van der Waals surface area contributed by atoms with Gasteiger partial charge in [-0.15, -0.1) is 11.3 Å². The molecule has 0 atom stereocenters. The molecule has 5 heteroatoms. The van der Waals surface area contributed by atoms with Crippen LogP contribution in [0.5, 0.6) is 0 Å². The van der Waals surface area contributed by atoms with Gasteiger partial charge >= 0.3 is 0 Å². The lowest BCUT2D eigenvalue weighted by atomic mass is 9.96. The van der Waals surface area contributed by atoms with Gasteiger partial charge in [0.15, 0.2) is 0 Å². The standard InChI is InChI=1S/C13H16ClN3S/c1-13(2,3)12-16-10(14)7-11(17-12)15-8-9-5-4-6-18-9/h4-7H,8H2,1-3H3,(H,15,16,17). The zero-order valence-corrected chi connectivity index (χ0v) is 12.3. The van der Waals surface area contributed by atoms with E-state index in [9.17, 15) is 0 Å². The van der Waals surface area contributed by atoms with Crippen molar-refractivity contribution in [2.75, 3.05) is 5.32 Å². The Morgan fingerprint density at radius 1 is 1.33 bits per heavy atom. The molecule has 18 heavy (non-hydrogen) atoms. The summed E-state index contributed by atoms with van der Waals surface area (Å²) in [5, 5.41) is 5.81. The van der Waals surface area contributed by atoms with Gasteiger partial charge in [-0.3, -0.25) is 0 Å². The summed E-state index contributed by atoms with van der Waals surface area (Å²) in [6, 6.07) is 5.88. The number of nitrogens with one attached hydrogen (secondary N) is 1. The highest BCUT2D eigenvalue weighted by molar-refractivity contribution is 7.09. The molecule has 96 valence electrons. The van der Waals surface area contributed by atoms with Crippen molar-refractivity contribution in [2.45, 2.75) is 32.7 Å². The van der Waals surface area contributed by atoms with Crippen LogP contribution in [0, 0.1) is 0 Å². The molecule has 0 spiro atoms. The van der Waals surface area contributed by atoms with Gasteiger partial charge < -0.3 is 5.32 Å². The minimum Gasteiger partial charge on any atom is -0.365 e. The lowest BCUT2D eigenvalue weighted by Crippen LogP contribution is -2.17. The Balaban J connectivity index is 2.15. The number of aromatic nitrogens is 2. The summed E-state index contributed by atoms with van der Waals surface area (Å²) in [7, 11) is 0. The van der Waals surface area contributed by atoms with Crippen LogP contribution >= 0.6 is 22.9 Å². The van der Waals surface area contributed by atoms with E-state index in [1.165, 1.54) is 4.88 Å². The predicted octanol–water partition coefficient (Wildman–Crippen LogP) is 4.10. The van der Waals surface area contributed by atoms with Gasteiger partial charge in [0.2, 0.25) is 0 Å². The van der Waals surface area contributed by atoms with Gasteiger partial charge in [-0.05, 0) is 11.4 Å². The molecule has 2 aromatic heterocycles. The zero-order chi connectivity index (χ0) is 13.2. The highest BCUT2D eigenvalue weighted by Crippen LogP contribution is 2.22. The first kappa shape index (κ1) is 13.3. The second-order valence-electron chi connectivity index (χ2n) is 5.08. The first-order chi connectivity index (χ1) is 8.45. The maximum Gasteiger partial charge on any atom is 0.137 e. The minimum atomic E-state index is -0.107. The maximum atomic E-state index is 6.03. The molecule has 2 heterocycles. The first-order valence-electron chi connectivity index (χ1n) is 5.76. The van der Waals surface area contributed by atoms with Gasteiger partial charge in [0.05, 0.1) is 6.54 Å². The van der Waals surface area contributed by atoms with E-state index in [0.717, 1.165) is 18.2 Å². The Bertz CT molecular complexity index is 518. The Morgan fingerprint density at radius 2 is 2.11 bits per heavy atom. The number of halogens is 1. The van der Waals surface area contributed by atoms with Gasteiger partial charge in [0.1, 0.15) is 16.8 Å². The summed E-state index contributed by atoms with van der Waals surface area (Å²) in [6.45, 7) is 6.97. The second-order valence-corrected chi connectivity index (χ2v) is 6.50. The fourth-order valence-corrected chi connectivity index (χ4v) is 2.26. The number of hydrogen-bond donors (Lipinski definition) is 1. The summed E-state index contributed by atoms with van der Waals surface area (Å²) >= 11 is 7.75. The molecule has 0 fully saturated rings. The third kappa shape index (κ3) is 3.43. The van der Waals surface area contributed by atoms with Gasteiger partial charge in [-0.1, -0.05) is 38.4 Å². The highest BCUT2D eigenvalue weighted by atomic mass is 35.5. The number of thiophene rings is 1. The number of nitrogens with zero attached hydrogens (tertiary/aromatic N) is 2. The van der Waals surface area contributed by atoms with E-state index in [-0.39, 0.29) is 5.41 Å². The SMILES string of the molecule is CC(C)(C)c1nc(Cl)cc(NCc2cccs2)n1. The molecule has 0 saturated heterocycles. The van der Waals surface area contributed by atoms with Crippen LogP contribution in [-0.4, -0.2) is 9.97 Å². The largest absolute Gasteiger partial charge is 0.365 e. The number of hydrogen-bond acceptors (Lipinski definition) is 4. The fraction of sp³-hybridized carbons (Fsp3) is 0.385.